The van der Waals surface area contributed by atoms with E-state index in [1.165, 1.54) is 49.4 Å². The Morgan fingerprint density at radius 1 is 1.04 bits per heavy atom. The maximum Gasteiger partial charge on any atom is 0.247 e. The molecule has 3 aliphatic rings. The van der Waals surface area contributed by atoms with Crippen molar-refractivity contribution < 1.29 is 62.9 Å². The van der Waals surface area contributed by atoms with Crippen molar-refractivity contribution in [3.8, 4) is 5.75 Å². The van der Waals surface area contributed by atoms with E-state index in [1.807, 2.05) is 0 Å². The summed E-state index contributed by atoms with van der Waals surface area (Å²) in [6, 6.07) is 8.21. The standard InChI is InChI=1S/C30H34F2N2O11/c1-14(30(40)33-23-24(37)26(39)29-28(25(23)38)41-13-42-29)8-16-4-7-21(18(32)9-16)44-22-10-20(36)27(45-22)19(11-35)34-43-12-15-2-5-17(31)6-3-15/h2-9,20,22-29,35-39H,10-13H2,1H3,(H,33,40)/b14-8+,34-19+/t20-,22+,23+,24-,25+,26+,27+,28-,29+/m0/s1. The fourth-order valence-corrected chi connectivity index (χ4v) is 5.33. The summed E-state index contributed by atoms with van der Waals surface area (Å²) in [4.78, 5) is 18.0. The highest BCUT2D eigenvalue weighted by atomic mass is 19.1. The molecule has 2 aliphatic heterocycles. The number of rotatable bonds is 10. The lowest BCUT2D eigenvalue weighted by Crippen LogP contribution is -2.67. The fourth-order valence-electron chi connectivity index (χ4n) is 5.33. The van der Waals surface area contributed by atoms with Crippen molar-refractivity contribution >= 4 is 17.7 Å². The average molecular weight is 637 g/mol. The van der Waals surface area contributed by atoms with Gasteiger partial charge in [-0.05, 0) is 48.4 Å². The first-order valence-corrected chi connectivity index (χ1v) is 14.2. The predicted octanol–water partition coefficient (Wildman–Crippen LogP) is 0.110. The molecule has 0 radical (unpaired) electrons. The Morgan fingerprint density at radius 2 is 1.76 bits per heavy atom. The Bertz CT molecular complexity index is 1410. The van der Waals surface area contributed by atoms with Crippen molar-refractivity contribution in [3.05, 3.63) is 70.8 Å². The Morgan fingerprint density at radius 3 is 2.44 bits per heavy atom. The largest absolute Gasteiger partial charge is 0.462 e. The molecule has 2 heterocycles. The Hall–Kier alpha value is -3.54. The number of nitrogens with one attached hydrogen (secondary N) is 1. The zero-order chi connectivity index (χ0) is 32.2. The minimum absolute atomic E-state index is 0.0153. The number of benzene rings is 2. The molecule has 0 unspecified atom stereocenters. The number of carbonyl (C=O) groups is 1. The highest BCUT2D eigenvalue weighted by Gasteiger charge is 2.53. The number of fused-ring (bicyclic) bond motifs is 1. The summed E-state index contributed by atoms with van der Waals surface area (Å²) in [5, 5.41) is 57.8. The molecule has 2 saturated heterocycles. The molecule has 3 fully saturated rings. The molecule has 1 aliphatic carbocycles. The van der Waals surface area contributed by atoms with Crippen LogP contribution >= 0.6 is 0 Å². The molecule has 13 nitrogen and oxygen atoms in total. The van der Waals surface area contributed by atoms with Crippen LogP contribution in [0.3, 0.4) is 0 Å². The van der Waals surface area contributed by atoms with Crippen LogP contribution in [-0.2, 0) is 30.4 Å². The van der Waals surface area contributed by atoms with E-state index in [0.717, 1.165) is 6.07 Å². The van der Waals surface area contributed by atoms with Gasteiger partial charge in [-0.25, -0.2) is 8.78 Å². The summed E-state index contributed by atoms with van der Waals surface area (Å²) in [5.74, 6) is -2.06. The van der Waals surface area contributed by atoms with Crippen LogP contribution in [0.2, 0.25) is 0 Å². The van der Waals surface area contributed by atoms with Gasteiger partial charge in [-0.1, -0.05) is 23.4 Å². The minimum Gasteiger partial charge on any atom is -0.462 e. The second-order valence-electron chi connectivity index (χ2n) is 10.9. The van der Waals surface area contributed by atoms with Crippen molar-refractivity contribution in [1.82, 2.24) is 5.32 Å². The van der Waals surface area contributed by atoms with E-state index in [4.69, 9.17) is 23.8 Å². The van der Waals surface area contributed by atoms with E-state index in [2.05, 4.69) is 10.5 Å². The molecule has 6 N–H and O–H groups in total. The Kier molecular flexibility index (Phi) is 10.4. The molecule has 1 amide bonds. The van der Waals surface area contributed by atoms with E-state index < -0.39 is 79.2 Å². The molecule has 9 atom stereocenters. The first-order valence-electron chi connectivity index (χ1n) is 14.2. The van der Waals surface area contributed by atoms with Gasteiger partial charge >= 0.3 is 0 Å². The highest BCUT2D eigenvalue weighted by Crippen LogP contribution is 2.31. The summed E-state index contributed by atoms with van der Waals surface area (Å²) in [6.07, 6.45) is -8.09. The van der Waals surface area contributed by atoms with Crippen LogP contribution in [0.1, 0.15) is 24.5 Å². The second kappa shape index (κ2) is 14.3. The molecule has 1 saturated carbocycles. The summed E-state index contributed by atoms with van der Waals surface area (Å²) in [7, 11) is 0. The molecular weight excluding hydrogens is 602 g/mol. The first kappa shape index (κ1) is 32.8. The van der Waals surface area contributed by atoms with E-state index in [-0.39, 0.29) is 36.9 Å². The monoisotopic (exact) mass is 636 g/mol. The van der Waals surface area contributed by atoms with Crippen LogP contribution < -0.4 is 10.1 Å². The summed E-state index contributed by atoms with van der Waals surface area (Å²) < 4.78 is 49.8. The molecule has 244 valence electrons. The highest BCUT2D eigenvalue weighted by molar-refractivity contribution is 5.97. The molecule has 0 bridgehead atoms. The van der Waals surface area contributed by atoms with Gasteiger partial charge in [-0.15, -0.1) is 0 Å². The van der Waals surface area contributed by atoms with E-state index in [1.54, 1.807) is 0 Å². The van der Waals surface area contributed by atoms with Gasteiger partial charge in [-0.3, -0.25) is 4.79 Å². The van der Waals surface area contributed by atoms with E-state index in [0.29, 0.717) is 11.1 Å². The third-order valence-electron chi connectivity index (χ3n) is 7.76. The van der Waals surface area contributed by atoms with Crippen molar-refractivity contribution in [2.24, 2.45) is 5.16 Å². The van der Waals surface area contributed by atoms with Crippen LogP contribution in [-0.4, -0.2) is 106 Å². The molecular formula is C30H34F2N2O11. The molecule has 2 aromatic carbocycles. The van der Waals surface area contributed by atoms with E-state index >= 15 is 0 Å². The number of ether oxygens (including phenoxy) is 4. The zero-order valence-corrected chi connectivity index (χ0v) is 24.0. The van der Waals surface area contributed by atoms with Crippen LogP contribution in [0.5, 0.6) is 5.75 Å². The van der Waals surface area contributed by atoms with Gasteiger partial charge < -0.3 is 54.6 Å². The number of oxime groups is 1. The number of hydrogen-bond acceptors (Lipinski definition) is 12. The number of aliphatic hydroxyl groups excluding tert-OH is 5. The SMILES string of the molecule is C/C(=C\c1ccc(O[C@H]2C[C@H](O)[C@@H](/C(CO)=N/OCc3ccc(F)cc3)O2)c(F)c1)C(=O)N[C@@H]1[C@H](O)[C@@H](O)[C@H]2OCO[C@H]2[C@@H]1O. The van der Waals surface area contributed by atoms with Crippen molar-refractivity contribution in [3.63, 3.8) is 0 Å². The van der Waals surface area contributed by atoms with Crippen LogP contribution in [0.4, 0.5) is 8.78 Å². The van der Waals surface area contributed by atoms with Crippen molar-refractivity contribution in [2.45, 2.75) is 75.0 Å². The maximum absolute atomic E-state index is 15.0. The summed E-state index contributed by atoms with van der Waals surface area (Å²) >= 11 is 0. The number of carbonyl (C=O) groups excluding carboxylic acids is 1. The third-order valence-corrected chi connectivity index (χ3v) is 7.76. The Balaban J connectivity index is 1.17. The lowest BCUT2D eigenvalue weighted by atomic mass is 9.83. The maximum atomic E-state index is 15.0. The van der Waals surface area contributed by atoms with Gasteiger partial charge in [0, 0.05) is 12.0 Å². The number of halogens is 2. The normalized spacial score (nSPS) is 31.9. The van der Waals surface area contributed by atoms with Gasteiger partial charge in [0.1, 0.15) is 61.6 Å². The van der Waals surface area contributed by atoms with Gasteiger partial charge in [0.25, 0.3) is 0 Å². The fraction of sp³-hybridized carbons (Fsp3) is 0.467. The van der Waals surface area contributed by atoms with Crippen molar-refractivity contribution in [1.29, 1.82) is 0 Å². The third kappa shape index (κ3) is 7.48. The van der Waals surface area contributed by atoms with Crippen LogP contribution in [0.15, 0.2) is 53.2 Å². The zero-order valence-electron chi connectivity index (χ0n) is 24.0. The van der Waals surface area contributed by atoms with Crippen LogP contribution in [0, 0.1) is 11.6 Å². The first-order chi connectivity index (χ1) is 21.5. The molecule has 15 heteroatoms. The number of hydrogen-bond donors (Lipinski definition) is 6. The Labute approximate surface area is 256 Å². The average Bonchev–Trinajstić information content (AvgIpc) is 3.66. The molecule has 2 aromatic rings. The van der Waals surface area contributed by atoms with Gasteiger partial charge in [0.15, 0.2) is 11.6 Å². The second-order valence-corrected chi connectivity index (χ2v) is 10.9. The molecule has 0 aromatic heterocycles. The van der Waals surface area contributed by atoms with Gasteiger partial charge in [0.05, 0.1) is 18.8 Å². The molecule has 0 spiro atoms. The lowest BCUT2D eigenvalue weighted by molar-refractivity contribution is -0.155. The minimum atomic E-state index is -1.52. The predicted molar refractivity (Wildman–Crippen MR) is 150 cm³/mol. The number of nitrogens with zero attached hydrogens (tertiary/aromatic N) is 1. The summed E-state index contributed by atoms with van der Waals surface area (Å²) in [6.45, 7) is 0.675. The quantitative estimate of drug-likeness (QED) is 0.118. The molecule has 5 rings (SSSR count). The number of amides is 1. The van der Waals surface area contributed by atoms with Crippen molar-refractivity contribution in [2.75, 3.05) is 13.4 Å². The van der Waals surface area contributed by atoms with Gasteiger partial charge in [0.2, 0.25) is 12.2 Å². The summed E-state index contributed by atoms with van der Waals surface area (Å²) in [5.41, 5.74) is 1.02. The lowest BCUT2D eigenvalue weighted by Gasteiger charge is -2.41. The molecule has 45 heavy (non-hydrogen) atoms. The van der Waals surface area contributed by atoms with Crippen LogP contribution in [0.25, 0.3) is 6.08 Å². The topological polar surface area (TPSA) is 189 Å². The van der Waals surface area contributed by atoms with E-state index in [9.17, 15) is 39.1 Å². The smallest absolute Gasteiger partial charge is 0.247 e. The van der Waals surface area contributed by atoms with Gasteiger partial charge in [-0.2, -0.15) is 0 Å². The number of aliphatic hydroxyl groups is 5.